The summed E-state index contributed by atoms with van der Waals surface area (Å²) in [6, 6.07) is 14.8. The van der Waals surface area contributed by atoms with Gasteiger partial charge in [-0.05, 0) is 43.0 Å². The molecule has 1 aliphatic heterocycles. The molecule has 4 heteroatoms. The Morgan fingerprint density at radius 3 is 2.76 bits per heavy atom. The number of amides is 1. The summed E-state index contributed by atoms with van der Waals surface area (Å²) in [5, 5.41) is 0. The van der Waals surface area contributed by atoms with Crippen molar-refractivity contribution in [2.75, 3.05) is 20.1 Å². The van der Waals surface area contributed by atoms with Gasteiger partial charge in [0, 0.05) is 45.0 Å². The third-order valence-corrected chi connectivity index (χ3v) is 5.02. The van der Waals surface area contributed by atoms with Crippen LogP contribution >= 0.6 is 0 Å². The summed E-state index contributed by atoms with van der Waals surface area (Å²) in [4.78, 5) is 21.1. The quantitative estimate of drug-likeness (QED) is 0.812. The molecule has 1 saturated heterocycles. The molecule has 1 fully saturated rings. The van der Waals surface area contributed by atoms with Gasteiger partial charge >= 0.3 is 0 Å². The highest BCUT2D eigenvalue weighted by Crippen LogP contribution is 2.18. The molecular formula is C21H27N3O. The second-order valence-corrected chi connectivity index (χ2v) is 6.88. The highest BCUT2D eigenvalue weighted by Gasteiger charge is 2.25. The summed E-state index contributed by atoms with van der Waals surface area (Å²) in [5.74, 6) is 0.232. The number of aryl methyl sites for hydroxylation is 1. The number of hydrogen-bond donors (Lipinski definition) is 0. The number of nitrogens with zero attached hydrogens (tertiary/aromatic N) is 3. The maximum atomic E-state index is 12.6. The SMILES string of the molecule is CN(C(=O)CCc1cccnc1)[C@@H]1CCCN(Cc2ccccc2)C1. The Balaban J connectivity index is 1.50. The van der Waals surface area contributed by atoms with Gasteiger partial charge in [0.05, 0.1) is 0 Å². The number of pyridine rings is 1. The Morgan fingerprint density at radius 2 is 2.00 bits per heavy atom. The predicted octanol–water partition coefficient (Wildman–Crippen LogP) is 3.14. The van der Waals surface area contributed by atoms with Crippen LogP contribution in [0.1, 0.15) is 30.4 Å². The molecule has 0 spiro atoms. The van der Waals surface area contributed by atoms with Gasteiger partial charge < -0.3 is 4.90 Å². The Hall–Kier alpha value is -2.20. The van der Waals surface area contributed by atoms with E-state index in [-0.39, 0.29) is 5.91 Å². The van der Waals surface area contributed by atoms with Gasteiger partial charge in [0.15, 0.2) is 0 Å². The lowest BCUT2D eigenvalue weighted by Crippen LogP contribution is -2.48. The average Bonchev–Trinajstić information content (AvgIpc) is 2.67. The fourth-order valence-corrected chi connectivity index (χ4v) is 3.51. The van der Waals surface area contributed by atoms with Crippen molar-refractivity contribution in [3.8, 4) is 0 Å². The van der Waals surface area contributed by atoms with Gasteiger partial charge in [-0.1, -0.05) is 36.4 Å². The van der Waals surface area contributed by atoms with Crippen molar-refractivity contribution in [1.82, 2.24) is 14.8 Å². The average molecular weight is 337 g/mol. The fourth-order valence-electron chi connectivity index (χ4n) is 3.51. The summed E-state index contributed by atoms with van der Waals surface area (Å²) >= 11 is 0. The van der Waals surface area contributed by atoms with Crippen molar-refractivity contribution in [1.29, 1.82) is 0 Å². The zero-order valence-electron chi connectivity index (χ0n) is 15.0. The fraction of sp³-hybridized carbons (Fsp3) is 0.429. The van der Waals surface area contributed by atoms with Crippen molar-refractivity contribution in [2.45, 2.75) is 38.3 Å². The molecule has 0 radical (unpaired) electrons. The highest BCUT2D eigenvalue weighted by atomic mass is 16.2. The molecular weight excluding hydrogens is 310 g/mol. The first-order valence-electron chi connectivity index (χ1n) is 9.13. The summed E-state index contributed by atoms with van der Waals surface area (Å²) in [6.07, 6.45) is 7.17. The van der Waals surface area contributed by atoms with Gasteiger partial charge in [0.2, 0.25) is 5.91 Å². The first kappa shape index (κ1) is 17.6. The molecule has 3 rings (SSSR count). The summed E-state index contributed by atoms with van der Waals surface area (Å²) in [5.41, 5.74) is 2.47. The molecule has 0 N–H and O–H groups in total. The summed E-state index contributed by atoms with van der Waals surface area (Å²) in [7, 11) is 1.96. The normalized spacial score (nSPS) is 18.0. The van der Waals surface area contributed by atoms with E-state index in [9.17, 15) is 4.79 Å². The molecule has 1 aromatic carbocycles. The minimum absolute atomic E-state index is 0.232. The van der Waals surface area contributed by atoms with Crippen molar-refractivity contribution in [2.24, 2.45) is 0 Å². The Morgan fingerprint density at radius 1 is 1.20 bits per heavy atom. The largest absolute Gasteiger partial charge is 0.341 e. The van der Waals surface area contributed by atoms with Gasteiger partial charge in [0.25, 0.3) is 0 Å². The molecule has 0 aliphatic carbocycles. The molecule has 2 aromatic rings. The minimum Gasteiger partial charge on any atom is -0.341 e. The van der Waals surface area contributed by atoms with E-state index in [0.29, 0.717) is 12.5 Å². The van der Waals surface area contributed by atoms with E-state index in [1.165, 1.54) is 5.56 Å². The van der Waals surface area contributed by atoms with Crippen molar-refractivity contribution in [3.05, 3.63) is 66.0 Å². The lowest BCUT2D eigenvalue weighted by atomic mass is 10.0. The van der Waals surface area contributed by atoms with Gasteiger partial charge in [-0.25, -0.2) is 0 Å². The Labute approximate surface area is 150 Å². The Kier molecular flexibility index (Phi) is 6.18. The van der Waals surface area contributed by atoms with Crippen LogP contribution in [0.3, 0.4) is 0 Å². The molecule has 0 saturated carbocycles. The van der Waals surface area contributed by atoms with E-state index in [2.05, 4.69) is 40.2 Å². The monoisotopic (exact) mass is 337 g/mol. The number of rotatable bonds is 6. The van der Waals surface area contributed by atoms with Crippen LogP contribution < -0.4 is 0 Å². The molecule has 2 heterocycles. The van der Waals surface area contributed by atoms with Crippen LogP contribution in [0.25, 0.3) is 0 Å². The van der Waals surface area contributed by atoms with Crippen molar-refractivity contribution in [3.63, 3.8) is 0 Å². The van der Waals surface area contributed by atoms with E-state index in [4.69, 9.17) is 0 Å². The predicted molar refractivity (Wildman–Crippen MR) is 100 cm³/mol. The maximum Gasteiger partial charge on any atom is 0.222 e. The zero-order chi connectivity index (χ0) is 17.5. The summed E-state index contributed by atoms with van der Waals surface area (Å²) in [6.45, 7) is 3.04. The molecule has 4 nitrogen and oxygen atoms in total. The first-order chi connectivity index (χ1) is 12.2. The number of hydrogen-bond acceptors (Lipinski definition) is 3. The van der Waals surface area contributed by atoms with Crippen LogP contribution in [0.15, 0.2) is 54.9 Å². The number of benzene rings is 1. The molecule has 132 valence electrons. The number of likely N-dealkylation sites (tertiary alicyclic amines) is 1. The standard InChI is InChI=1S/C21H27N3O/c1-23(21(25)12-11-18-9-5-13-22-15-18)20-10-6-14-24(17-20)16-19-7-3-2-4-8-19/h2-5,7-9,13,15,20H,6,10-12,14,16-17H2,1H3/t20-/m1/s1. The van der Waals surface area contributed by atoms with E-state index >= 15 is 0 Å². The maximum absolute atomic E-state index is 12.6. The van der Waals surface area contributed by atoms with Crippen LogP contribution in [0.4, 0.5) is 0 Å². The van der Waals surface area contributed by atoms with Crippen LogP contribution in [-0.4, -0.2) is 46.9 Å². The van der Waals surface area contributed by atoms with E-state index in [1.54, 1.807) is 6.20 Å². The molecule has 1 amide bonds. The molecule has 0 bridgehead atoms. The number of likely N-dealkylation sites (N-methyl/N-ethyl adjacent to an activating group) is 1. The molecule has 25 heavy (non-hydrogen) atoms. The molecule has 1 atom stereocenters. The summed E-state index contributed by atoms with van der Waals surface area (Å²) < 4.78 is 0. The van der Waals surface area contributed by atoms with Crippen molar-refractivity contribution < 1.29 is 4.79 Å². The van der Waals surface area contributed by atoms with E-state index < -0.39 is 0 Å². The van der Waals surface area contributed by atoms with Gasteiger partial charge in [0.1, 0.15) is 0 Å². The third kappa shape index (κ3) is 5.13. The molecule has 0 unspecified atom stereocenters. The highest BCUT2D eigenvalue weighted by molar-refractivity contribution is 5.76. The van der Waals surface area contributed by atoms with Crippen LogP contribution in [-0.2, 0) is 17.8 Å². The lowest BCUT2D eigenvalue weighted by molar-refractivity contribution is -0.133. The molecule has 1 aromatic heterocycles. The van der Waals surface area contributed by atoms with E-state index in [0.717, 1.165) is 44.5 Å². The van der Waals surface area contributed by atoms with E-state index in [1.807, 2.05) is 30.3 Å². The number of carbonyl (C=O) groups excluding carboxylic acids is 1. The minimum atomic E-state index is 0.232. The van der Waals surface area contributed by atoms with Crippen LogP contribution in [0.2, 0.25) is 0 Å². The number of carbonyl (C=O) groups is 1. The topological polar surface area (TPSA) is 36.4 Å². The van der Waals surface area contributed by atoms with Crippen molar-refractivity contribution >= 4 is 5.91 Å². The number of piperidine rings is 1. The third-order valence-electron chi connectivity index (χ3n) is 5.02. The Bertz CT molecular complexity index is 659. The van der Waals surface area contributed by atoms with Gasteiger partial charge in [-0.3, -0.25) is 14.7 Å². The molecule has 1 aliphatic rings. The van der Waals surface area contributed by atoms with Crippen LogP contribution in [0, 0.1) is 0 Å². The number of aromatic nitrogens is 1. The second-order valence-electron chi connectivity index (χ2n) is 6.88. The zero-order valence-corrected chi connectivity index (χ0v) is 15.0. The smallest absolute Gasteiger partial charge is 0.222 e. The first-order valence-corrected chi connectivity index (χ1v) is 9.13. The van der Waals surface area contributed by atoms with Crippen LogP contribution in [0.5, 0.6) is 0 Å². The second kappa shape index (κ2) is 8.77. The van der Waals surface area contributed by atoms with Gasteiger partial charge in [-0.15, -0.1) is 0 Å². The van der Waals surface area contributed by atoms with Gasteiger partial charge in [-0.2, -0.15) is 0 Å². The lowest BCUT2D eigenvalue weighted by Gasteiger charge is -2.37.